The Hall–Kier alpha value is -2.86. The van der Waals surface area contributed by atoms with Crippen LogP contribution in [0.1, 0.15) is 22.6 Å². The summed E-state index contributed by atoms with van der Waals surface area (Å²) in [5.41, 5.74) is 6.06. The molecule has 0 unspecified atom stereocenters. The number of urea groups is 1. The van der Waals surface area contributed by atoms with Gasteiger partial charge in [0.05, 0.1) is 6.54 Å². The predicted octanol–water partition coefficient (Wildman–Crippen LogP) is 4.10. The molecular weight excluding hydrogens is 352 g/mol. The lowest BCUT2D eigenvalue weighted by Crippen LogP contribution is -2.49. The number of piperazine rings is 1. The lowest BCUT2D eigenvalue weighted by atomic mass is 10.1. The fraction of sp³-hybridized carbons (Fsp3) is 0.364. The maximum Gasteiger partial charge on any atom is 0.321 e. The Kier molecular flexibility index (Phi) is 5.05. The number of benzene rings is 2. The van der Waals surface area contributed by atoms with E-state index in [4.69, 9.17) is 4.42 Å². The highest BCUT2D eigenvalue weighted by Gasteiger charge is 2.22. The molecule has 28 heavy (non-hydrogen) atoms. The number of nitrogens with zero attached hydrogens (tertiary/aromatic N) is 3. The first-order chi connectivity index (χ1) is 13.5. The average molecular weight is 378 g/mol. The summed E-state index contributed by atoms with van der Waals surface area (Å²) in [6, 6.07) is 12.1. The van der Waals surface area contributed by atoms with Crippen LogP contribution in [-0.4, -0.2) is 47.0 Å². The van der Waals surface area contributed by atoms with E-state index in [-0.39, 0.29) is 6.03 Å². The highest BCUT2D eigenvalue weighted by atomic mass is 16.3. The molecule has 6 heteroatoms. The van der Waals surface area contributed by atoms with Gasteiger partial charge in [0.1, 0.15) is 5.52 Å². The fourth-order valence-electron chi connectivity index (χ4n) is 3.60. The zero-order chi connectivity index (χ0) is 19.7. The van der Waals surface area contributed by atoms with E-state index in [0.29, 0.717) is 19.6 Å². The van der Waals surface area contributed by atoms with Crippen molar-refractivity contribution in [3.8, 4) is 0 Å². The molecule has 0 saturated carbocycles. The number of oxazole rings is 1. The van der Waals surface area contributed by atoms with Gasteiger partial charge in [-0.15, -0.1) is 0 Å². The summed E-state index contributed by atoms with van der Waals surface area (Å²) in [4.78, 5) is 21.3. The predicted molar refractivity (Wildman–Crippen MR) is 111 cm³/mol. The van der Waals surface area contributed by atoms with E-state index in [2.05, 4.69) is 35.1 Å². The number of carbonyl (C=O) groups is 1. The van der Waals surface area contributed by atoms with Gasteiger partial charge in [0.2, 0.25) is 5.89 Å². The van der Waals surface area contributed by atoms with Gasteiger partial charge >= 0.3 is 6.03 Å². The molecule has 1 saturated heterocycles. The molecule has 1 N–H and O–H groups in total. The van der Waals surface area contributed by atoms with Gasteiger partial charge in [-0.2, -0.15) is 0 Å². The number of carbonyl (C=O) groups excluding carboxylic acids is 1. The van der Waals surface area contributed by atoms with Crippen LogP contribution in [0.2, 0.25) is 0 Å². The third-order valence-electron chi connectivity index (χ3n) is 5.23. The molecule has 1 aromatic heterocycles. The van der Waals surface area contributed by atoms with Crippen molar-refractivity contribution in [1.82, 2.24) is 14.8 Å². The molecule has 2 aromatic carbocycles. The minimum atomic E-state index is -0.0380. The van der Waals surface area contributed by atoms with Gasteiger partial charge in [0, 0.05) is 31.9 Å². The molecule has 2 heterocycles. The number of hydrogen-bond acceptors (Lipinski definition) is 4. The maximum absolute atomic E-state index is 12.6. The van der Waals surface area contributed by atoms with Crippen molar-refractivity contribution in [2.24, 2.45) is 0 Å². The van der Waals surface area contributed by atoms with E-state index < -0.39 is 0 Å². The number of amides is 2. The smallest absolute Gasteiger partial charge is 0.321 e. The fourth-order valence-corrected chi connectivity index (χ4v) is 3.60. The van der Waals surface area contributed by atoms with Crippen molar-refractivity contribution in [2.45, 2.75) is 27.3 Å². The van der Waals surface area contributed by atoms with Gasteiger partial charge in [0.25, 0.3) is 0 Å². The Morgan fingerprint density at radius 1 is 1.04 bits per heavy atom. The van der Waals surface area contributed by atoms with Crippen molar-refractivity contribution < 1.29 is 9.21 Å². The lowest BCUT2D eigenvalue weighted by molar-refractivity contribution is 0.136. The molecule has 0 radical (unpaired) electrons. The van der Waals surface area contributed by atoms with Crippen LogP contribution in [0.4, 0.5) is 10.5 Å². The number of anilines is 1. The third kappa shape index (κ3) is 4.02. The number of aromatic nitrogens is 1. The number of rotatable bonds is 3. The Morgan fingerprint density at radius 3 is 2.50 bits per heavy atom. The van der Waals surface area contributed by atoms with Gasteiger partial charge in [-0.3, -0.25) is 4.90 Å². The second-order valence-electron chi connectivity index (χ2n) is 7.59. The normalized spacial score (nSPS) is 15.2. The van der Waals surface area contributed by atoms with Crippen LogP contribution in [0.25, 0.3) is 11.1 Å². The molecule has 1 aliphatic heterocycles. The molecule has 0 spiro atoms. The number of hydrogen-bond donors (Lipinski definition) is 1. The van der Waals surface area contributed by atoms with Gasteiger partial charge in [0.15, 0.2) is 5.58 Å². The van der Waals surface area contributed by atoms with Crippen molar-refractivity contribution in [3.63, 3.8) is 0 Å². The van der Waals surface area contributed by atoms with Crippen molar-refractivity contribution in [2.75, 3.05) is 31.5 Å². The summed E-state index contributed by atoms with van der Waals surface area (Å²) >= 11 is 0. The molecule has 1 aliphatic rings. The lowest BCUT2D eigenvalue weighted by Gasteiger charge is -2.34. The van der Waals surface area contributed by atoms with Gasteiger partial charge in [-0.1, -0.05) is 23.8 Å². The monoisotopic (exact) mass is 378 g/mol. The first-order valence-electron chi connectivity index (χ1n) is 9.69. The topological polar surface area (TPSA) is 61.6 Å². The number of aryl methyl sites for hydroxylation is 3. The SMILES string of the molecule is Cc1ccc(NC(=O)N2CCN(Cc3nc4cc(C)ccc4o3)CC2)c(C)c1. The first kappa shape index (κ1) is 18.5. The van der Waals surface area contributed by atoms with Crippen LogP contribution in [0.15, 0.2) is 40.8 Å². The van der Waals surface area contributed by atoms with Crippen molar-refractivity contribution >= 4 is 22.8 Å². The van der Waals surface area contributed by atoms with E-state index in [1.807, 2.05) is 42.2 Å². The standard InChI is InChI=1S/C22H26N4O2/c1-15-4-6-18(17(3)12-15)24-22(27)26-10-8-25(9-11-26)14-21-23-19-13-16(2)5-7-20(19)28-21/h4-7,12-13H,8-11,14H2,1-3H3,(H,24,27). The highest BCUT2D eigenvalue weighted by Crippen LogP contribution is 2.19. The zero-order valence-corrected chi connectivity index (χ0v) is 16.7. The second-order valence-corrected chi connectivity index (χ2v) is 7.59. The molecule has 146 valence electrons. The molecule has 0 bridgehead atoms. The van der Waals surface area contributed by atoms with Gasteiger partial charge < -0.3 is 14.6 Å². The molecule has 6 nitrogen and oxygen atoms in total. The van der Waals surface area contributed by atoms with Crippen LogP contribution in [0.3, 0.4) is 0 Å². The van der Waals surface area contributed by atoms with E-state index >= 15 is 0 Å². The minimum Gasteiger partial charge on any atom is -0.439 e. The molecular formula is C22H26N4O2. The molecule has 1 fully saturated rings. The van der Waals surface area contributed by atoms with E-state index in [0.717, 1.165) is 41.3 Å². The van der Waals surface area contributed by atoms with Crippen molar-refractivity contribution in [3.05, 3.63) is 59.0 Å². The van der Waals surface area contributed by atoms with Crippen LogP contribution < -0.4 is 5.32 Å². The molecule has 3 aromatic rings. The summed E-state index contributed by atoms with van der Waals surface area (Å²) in [6.07, 6.45) is 0. The highest BCUT2D eigenvalue weighted by molar-refractivity contribution is 5.90. The average Bonchev–Trinajstić information content (AvgIpc) is 3.06. The summed E-state index contributed by atoms with van der Waals surface area (Å²) in [5, 5.41) is 3.03. The van der Waals surface area contributed by atoms with E-state index in [9.17, 15) is 4.79 Å². The zero-order valence-electron chi connectivity index (χ0n) is 16.7. The largest absolute Gasteiger partial charge is 0.439 e. The quantitative estimate of drug-likeness (QED) is 0.745. The van der Waals surface area contributed by atoms with Crippen LogP contribution in [-0.2, 0) is 6.54 Å². The van der Waals surface area contributed by atoms with E-state index in [1.54, 1.807) is 0 Å². The Morgan fingerprint density at radius 2 is 1.75 bits per heavy atom. The summed E-state index contributed by atoms with van der Waals surface area (Å²) in [7, 11) is 0. The van der Waals surface area contributed by atoms with Crippen LogP contribution in [0, 0.1) is 20.8 Å². The first-order valence-corrected chi connectivity index (χ1v) is 9.69. The van der Waals surface area contributed by atoms with Crippen LogP contribution >= 0.6 is 0 Å². The van der Waals surface area contributed by atoms with Gasteiger partial charge in [-0.05, 0) is 50.1 Å². The van der Waals surface area contributed by atoms with Gasteiger partial charge in [-0.25, -0.2) is 9.78 Å². The number of nitrogens with one attached hydrogen (secondary N) is 1. The summed E-state index contributed by atoms with van der Waals surface area (Å²) < 4.78 is 5.86. The third-order valence-corrected chi connectivity index (χ3v) is 5.23. The van der Waals surface area contributed by atoms with E-state index in [1.165, 1.54) is 11.1 Å². The maximum atomic E-state index is 12.6. The number of fused-ring (bicyclic) bond motifs is 1. The Balaban J connectivity index is 1.32. The Labute approximate surface area is 165 Å². The molecule has 0 aliphatic carbocycles. The van der Waals surface area contributed by atoms with Crippen LogP contribution in [0.5, 0.6) is 0 Å². The Bertz CT molecular complexity index is 1000. The van der Waals surface area contributed by atoms with Crippen molar-refractivity contribution in [1.29, 1.82) is 0 Å². The molecule has 4 rings (SSSR count). The molecule has 0 atom stereocenters. The summed E-state index contributed by atoms with van der Waals surface area (Å²) in [5.74, 6) is 0.730. The summed E-state index contributed by atoms with van der Waals surface area (Å²) in [6.45, 7) is 9.77. The molecule has 2 amide bonds. The minimum absolute atomic E-state index is 0.0380. The second kappa shape index (κ2) is 7.64.